The minimum atomic E-state index is -3.63. The van der Waals surface area contributed by atoms with Crippen molar-refractivity contribution in [3.8, 4) is 0 Å². The number of hydrogen-bond acceptors (Lipinski definition) is 4. The average Bonchev–Trinajstić information content (AvgIpc) is 2.69. The standard InChI is InChI=1S/C20H23N3O4S/c1-2-19(24)21-16-6-8-17(9-7-16)28(26,27)22-11-14-10-15(13-22)18-4-3-5-20(25)23(18)12-14/h3-9,14-15H,2,10-13H2,1H3,(H,21,24). The van der Waals surface area contributed by atoms with E-state index in [0.29, 0.717) is 31.7 Å². The van der Waals surface area contributed by atoms with E-state index in [9.17, 15) is 18.0 Å². The van der Waals surface area contributed by atoms with E-state index in [4.69, 9.17) is 0 Å². The molecule has 1 saturated heterocycles. The second-order valence-electron chi connectivity index (χ2n) is 7.45. The van der Waals surface area contributed by atoms with E-state index < -0.39 is 10.0 Å². The molecule has 2 aromatic rings. The highest BCUT2D eigenvalue weighted by molar-refractivity contribution is 7.89. The van der Waals surface area contributed by atoms with Gasteiger partial charge in [-0.3, -0.25) is 9.59 Å². The zero-order chi connectivity index (χ0) is 19.9. The van der Waals surface area contributed by atoms with Crippen molar-refractivity contribution >= 4 is 21.6 Å². The molecule has 2 atom stereocenters. The Morgan fingerprint density at radius 2 is 1.86 bits per heavy atom. The smallest absolute Gasteiger partial charge is 0.250 e. The molecule has 28 heavy (non-hydrogen) atoms. The summed E-state index contributed by atoms with van der Waals surface area (Å²) in [4.78, 5) is 23.8. The number of aromatic nitrogens is 1. The number of carbonyl (C=O) groups is 1. The molecule has 0 saturated carbocycles. The molecule has 7 nitrogen and oxygen atoms in total. The lowest BCUT2D eigenvalue weighted by molar-refractivity contribution is -0.115. The summed E-state index contributed by atoms with van der Waals surface area (Å²) in [5, 5.41) is 2.72. The van der Waals surface area contributed by atoms with Gasteiger partial charge in [0.1, 0.15) is 0 Å². The first-order chi connectivity index (χ1) is 13.4. The molecule has 1 amide bonds. The Labute approximate surface area is 164 Å². The summed E-state index contributed by atoms with van der Waals surface area (Å²) < 4.78 is 29.6. The third-order valence-corrected chi connectivity index (χ3v) is 7.39. The van der Waals surface area contributed by atoms with Gasteiger partial charge in [0.15, 0.2) is 0 Å². The number of rotatable bonds is 4. The van der Waals surface area contributed by atoms with Crippen molar-refractivity contribution in [2.24, 2.45) is 5.92 Å². The van der Waals surface area contributed by atoms with Crippen LogP contribution >= 0.6 is 0 Å². The maximum atomic E-state index is 13.2. The fourth-order valence-corrected chi connectivity index (χ4v) is 5.72. The monoisotopic (exact) mass is 401 g/mol. The summed E-state index contributed by atoms with van der Waals surface area (Å²) in [7, 11) is -3.63. The largest absolute Gasteiger partial charge is 0.326 e. The highest BCUT2D eigenvalue weighted by Gasteiger charge is 2.39. The van der Waals surface area contributed by atoms with Gasteiger partial charge in [0.05, 0.1) is 4.90 Å². The molecule has 1 fully saturated rings. The molecule has 2 aliphatic heterocycles. The molecule has 1 aromatic heterocycles. The van der Waals surface area contributed by atoms with Crippen LogP contribution in [0.15, 0.2) is 52.2 Å². The zero-order valence-electron chi connectivity index (χ0n) is 15.7. The van der Waals surface area contributed by atoms with Gasteiger partial charge in [-0.1, -0.05) is 13.0 Å². The first-order valence-electron chi connectivity index (χ1n) is 9.48. The molecule has 8 heteroatoms. The zero-order valence-corrected chi connectivity index (χ0v) is 16.5. The van der Waals surface area contributed by atoms with Crippen molar-refractivity contribution in [3.63, 3.8) is 0 Å². The number of nitrogens with one attached hydrogen (secondary N) is 1. The first kappa shape index (κ1) is 18.9. The molecule has 1 aromatic carbocycles. The van der Waals surface area contributed by atoms with Gasteiger partial charge in [-0.15, -0.1) is 0 Å². The van der Waals surface area contributed by atoms with Crippen molar-refractivity contribution in [2.75, 3.05) is 18.4 Å². The van der Waals surface area contributed by atoms with E-state index in [-0.39, 0.29) is 28.2 Å². The van der Waals surface area contributed by atoms with Gasteiger partial charge in [0.2, 0.25) is 15.9 Å². The quantitative estimate of drug-likeness (QED) is 0.849. The van der Waals surface area contributed by atoms with Gasteiger partial charge < -0.3 is 9.88 Å². The van der Waals surface area contributed by atoms with Crippen LogP contribution < -0.4 is 10.9 Å². The van der Waals surface area contributed by atoms with Crippen LogP contribution in [-0.4, -0.2) is 36.3 Å². The number of hydrogen-bond donors (Lipinski definition) is 1. The Hall–Kier alpha value is -2.45. The van der Waals surface area contributed by atoms with E-state index in [1.807, 2.05) is 6.07 Å². The normalized spacial score (nSPS) is 21.8. The van der Waals surface area contributed by atoms with Gasteiger partial charge in [-0.25, -0.2) is 8.42 Å². The number of piperidine rings is 1. The topological polar surface area (TPSA) is 88.5 Å². The van der Waals surface area contributed by atoms with Gasteiger partial charge >= 0.3 is 0 Å². The predicted octanol–water partition coefficient (Wildman–Crippen LogP) is 2.00. The van der Waals surface area contributed by atoms with Crippen molar-refractivity contribution in [2.45, 2.75) is 37.1 Å². The molecule has 2 aliphatic rings. The number of sulfonamides is 1. The Morgan fingerprint density at radius 3 is 2.57 bits per heavy atom. The fraction of sp³-hybridized carbons (Fsp3) is 0.400. The second kappa shape index (κ2) is 7.18. The van der Waals surface area contributed by atoms with Gasteiger partial charge in [0.25, 0.3) is 5.56 Å². The summed E-state index contributed by atoms with van der Waals surface area (Å²) in [6.45, 7) is 3.09. The molecule has 0 aliphatic carbocycles. The minimum absolute atomic E-state index is 0.0202. The van der Waals surface area contributed by atoms with Crippen LogP contribution in [0.5, 0.6) is 0 Å². The molecular formula is C20H23N3O4S. The molecule has 1 N–H and O–H groups in total. The molecule has 0 radical (unpaired) electrons. The lowest BCUT2D eigenvalue weighted by Gasteiger charge is -2.42. The van der Waals surface area contributed by atoms with Gasteiger partial charge in [-0.2, -0.15) is 4.31 Å². The fourth-order valence-electron chi connectivity index (χ4n) is 4.16. The number of pyridine rings is 1. The number of amides is 1. The van der Waals surface area contributed by atoms with Crippen LogP contribution in [0, 0.1) is 5.92 Å². The van der Waals surface area contributed by atoms with Crippen molar-refractivity contribution in [1.29, 1.82) is 0 Å². The number of nitrogens with zero attached hydrogens (tertiary/aromatic N) is 2. The molecule has 2 bridgehead atoms. The van der Waals surface area contributed by atoms with Crippen LogP contribution in [0.2, 0.25) is 0 Å². The van der Waals surface area contributed by atoms with Crippen LogP contribution in [0.25, 0.3) is 0 Å². The lowest BCUT2D eigenvalue weighted by Crippen LogP contribution is -2.48. The van der Waals surface area contributed by atoms with Gasteiger partial charge in [0, 0.05) is 49.4 Å². The Morgan fingerprint density at radius 1 is 1.11 bits per heavy atom. The van der Waals surface area contributed by atoms with Crippen molar-refractivity contribution < 1.29 is 13.2 Å². The summed E-state index contributed by atoms with van der Waals surface area (Å²) in [5.74, 6) is 0.0388. The van der Waals surface area contributed by atoms with E-state index in [1.54, 1.807) is 35.8 Å². The van der Waals surface area contributed by atoms with Crippen LogP contribution in [-0.2, 0) is 21.4 Å². The summed E-state index contributed by atoms with van der Waals surface area (Å²) >= 11 is 0. The number of fused-ring (bicyclic) bond motifs is 4. The first-order valence-corrected chi connectivity index (χ1v) is 10.9. The Balaban J connectivity index is 1.58. The van der Waals surface area contributed by atoms with E-state index in [2.05, 4.69) is 5.32 Å². The van der Waals surface area contributed by atoms with E-state index in [1.165, 1.54) is 16.4 Å². The molecule has 148 valence electrons. The third kappa shape index (κ3) is 3.38. The Bertz CT molecular complexity index is 1060. The van der Waals surface area contributed by atoms with Crippen molar-refractivity contribution in [3.05, 3.63) is 58.5 Å². The van der Waals surface area contributed by atoms with Crippen LogP contribution in [0.1, 0.15) is 31.4 Å². The summed E-state index contributed by atoms with van der Waals surface area (Å²) in [6.07, 6.45) is 1.26. The van der Waals surface area contributed by atoms with Crippen LogP contribution in [0.3, 0.4) is 0 Å². The summed E-state index contributed by atoms with van der Waals surface area (Å²) in [5.41, 5.74) is 1.48. The maximum absolute atomic E-state index is 13.2. The molecule has 3 heterocycles. The third-order valence-electron chi connectivity index (χ3n) is 5.54. The maximum Gasteiger partial charge on any atom is 0.250 e. The second-order valence-corrected chi connectivity index (χ2v) is 9.38. The molecule has 2 unspecified atom stereocenters. The average molecular weight is 401 g/mol. The number of carbonyl (C=O) groups excluding carboxylic acids is 1. The highest BCUT2D eigenvalue weighted by Crippen LogP contribution is 2.37. The summed E-state index contributed by atoms with van der Waals surface area (Å²) in [6, 6.07) is 11.5. The molecule has 4 rings (SSSR count). The van der Waals surface area contributed by atoms with Crippen molar-refractivity contribution in [1.82, 2.24) is 8.87 Å². The SMILES string of the molecule is CCC(=O)Nc1ccc(S(=O)(=O)N2CC3CC(C2)c2cccc(=O)n2C3)cc1. The number of benzene rings is 1. The predicted molar refractivity (Wildman–Crippen MR) is 106 cm³/mol. The minimum Gasteiger partial charge on any atom is -0.326 e. The highest BCUT2D eigenvalue weighted by atomic mass is 32.2. The lowest BCUT2D eigenvalue weighted by atomic mass is 9.84. The number of anilines is 1. The molecule has 0 spiro atoms. The van der Waals surface area contributed by atoms with Gasteiger partial charge in [-0.05, 0) is 42.7 Å². The van der Waals surface area contributed by atoms with E-state index >= 15 is 0 Å². The molecular weight excluding hydrogens is 378 g/mol. The van der Waals surface area contributed by atoms with Crippen LogP contribution in [0.4, 0.5) is 5.69 Å². The van der Waals surface area contributed by atoms with E-state index in [0.717, 1.165) is 12.1 Å². The Kier molecular flexibility index (Phi) is 4.84.